The van der Waals surface area contributed by atoms with E-state index in [9.17, 15) is 9.59 Å². The number of rotatable bonds is 8. The van der Waals surface area contributed by atoms with Crippen LogP contribution in [0.1, 0.15) is 18.1 Å². The highest BCUT2D eigenvalue weighted by molar-refractivity contribution is 8.00. The fraction of sp³-hybridized carbons (Fsp3) is 0.286. The van der Waals surface area contributed by atoms with Gasteiger partial charge in [0.1, 0.15) is 0 Å². The highest BCUT2D eigenvalue weighted by Gasteiger charge is 2.22. The molecule has 1 unspecified atom stereocenters. The Morgan fingerprint density at radius 2 is 1.71 bits per heavy atom. The first-order valence-corrected chi connectivity index (χ1v) is 10.1. The van der Waals surface area contributed by atoms with Crippen LogP contribution in [0.25, 0.3) is 0 Å². The number of hydrogen-bond acceptors (Lipinski definition) is 4. The number of carbonyl (C=O) groups is 1. The average Bonchev–Trinajstić information content (AvgIpc) is 3.06. The van der Waals surface area contributed by atoms with Crippen molar-refractivity contribution in [3.05, 3.63) is 82.3 Å². The standard InChI is InChI=1S/C21H24N4O2S/c1-16(19(26)24(2)15-18-11-7-4-8-12-18)28-21-23-22-20(27)25(21)14-13-17-9-5-3-6-10-17/h3-12,16H,13-15H2,1-2H3,(H,22,27). The minimum atomic E-state index is -0.348. The molecule has 6 nitrogen and oxygen atoms in total. The van der Waals surface area contributed by atoms with E-state index in [-0.39, 0.29) is 16.8 Å². The fourth-order valence-corrected chi connectivity index (χ4v) is 3.93. The first-order chi connectivity index (χ1) is 13.5. The van der Waals surface area contributed by atoms with Crippen LogP contribution in [0, 0.1) is 0 Å². The van der Waals surface area contributed by atoms with E-state index in [4.69, 9.17) is 0 Å². The Morgan fingerprint density at radius 1 is 1.11 bits per heavy atom. The number of amides is 1. The number of carbonyl (C=O) groups excluding carboxylic acids is 1. The maximum Gasteiger partial charge on any atom is 0.343 e. The molecule has 1 N–H and O–H groups in total. The highest BCUT2D eigenvalue weighted by atomic mass is 32.2. The summed E-state index contributed by atoms with van der Waals surface area (Å²) in [5.41, 5.74) is 1.98. The van der Waals surface area contributed by atoms with Gasteiger partial charge in [0, 0.05) is 20.1 Å². The second-order valence-electron chi connectivity index (χ2n) is 6.64. The van der Waals surface area contributed by atoms with Crippen molar-refractivity contribution >= 4 is 17.7 Å². The van der Waals surface area contributed by atoms with E-state index < -0.39 is 0 Å². The maximum absolute atomic E-state index is 12.7. The van der Waals surface area contributed by atoms with Gasteiger partial charge in [-0.3, -0.25) is 9.36 Å². The Labute approximate surface area is 168 Å². The van der Waals surface area contributed by atoms with E-state index in [0.29, 0.717) is 18.2 Å². The van der Waals surface area contributed by atoms with E-state index >= 15 is 0 Å². The summed E-state index contributed by atoms with van der Waals surface area (Å²) >= 11 is 1.30. The monoisotopic (exact) mass is 396 g/mol. The summed E-state index contributed by atoms with van der Waals surface area (Å²) < 4.78 is 1.60. The van der Waals surface area contributed by atoms with E-state index in [1.54, 1.807) is 16.5 Å². The Bertz CT molecular complexity index is 953. The van der Waals surface area contributed by atoms with Crippen LogP contribution in [0.3, 0.4) is 0 Å². The van der Waals surface area contributed by atoms with Gasteiger partial charge in [0.15, 0.2) is 5.16 Å². The van der Waals surface area contributed by atoms with Crippen molar-refractivity contribution < 1.29 is 4.79 Å². The Hall–Kier alpha value is -2.80. The molecule has 28 heavy (non-hydrogen) atoms. The summed E-state index contributed by atoms with van der Waals surface area (Å²) in [4.78, 5) is 26.6. The molecule has 0 spiro atoms. The number of aromatic nitrogens is 3. The smallest absolute Gasteiger partial charge is 0.340 e. The largest absolute Gasteiger partial charge is 0.343 e. The van der Waals surface area contributed by atoms with E-state index in [1.165, 1.54) is 11.8 Å². The summed E-state index contributed by atoms with van der Waals surface area (Å²) in [5, 5.41) is 6.80. The molecule has 7 heteroatoms. The van der Waals surface area contributed by atoms with Crippen molar-refractivity contribution in [3.8, 4) is 0 Å². The molecule has 1 aromatic heterocycles. The molecule has 0 aliphatic heterocycles. The molecule has 3 rings (SSSR count). The van der Waals surface area contributed by atoms with Crippen molar-refractivity contribution in [1.29, 1.82) is 0 Å². The topological polar surface area (TPSA) is 71.0 Å². The SMILES string of the molecule is CC(Sc1n[nH]c(=O)n1CCc1ccccc1)C(=O)N(C)Cc1ccccc1. The van der Waals surface area contributed by atoms with Crippen molar-refractivity contribution in [3.63, 3.8) is 0 Å². The van der Waals surface area contributed by atoms with Crippen molar-refractivity contribution in [2.75, 3.05) is 7.05 Å². The number of nitrogens with zero attached hydrogens (tertiary/aromatic N) is 3. The molecule has 1 heterocycles. The molecule has 0 aliphatic rings. The second-order valence-corrected chi connectivity index (χ2v) is 7.95. The van der Waals surface area contributed by atoms with E-state index in [0.717, 1.165) is 17.5 Å². The predicted molar refractivity (Wildman–Crippen MR) is 111 cm³/mol. The predicted octanol–water partition coefficient (Wildman–Crippen LogP) is 2.95. The summed E-state index contributed by atoms with van der Waals surface area (Å²) in [7, 11) is 1.79. The number of benzene rings is 2. The molecule has 3 aromatic rings. The molecular formula is C21H24N4O2S. The minimum Gasteiger partial charge on any atom is -0.340 e. The molecule has 2 aromatic carbocycles. The third-order valence-electron chi connectivity index (χ3n) is 4.46. The lowest BCUT2D eigenvalue weighted by Crippen LogP contribution is -2.33. The summed E-state index contributed by atoms with van der Waals surface area (Å²) in [5.74, 6) is -0.00101. The molecule has 0 radical (unpaired) electrons. The van der Waals surface area contributed by atoms with Gasteiger partial charge in [0.05, 0.1) is 5.25 Å². The molecular weight excluding hydrogens is 372 g/mol. The van der Waals surface area contributed by atoms with Crippen molar-refractivity contribution in [2.24, 2.45) is 0 Å². The third kappa shape index (κ3) is 5.13. The summed E-state index contributed by atoms with van der Waals surface area (Å²) in [6.07, 6.45) is 0.726. The van der Waals surface area contributed by atoms with Gasteiger partial charge in [-0.2, -0.15) is 0 Å². The van der Waals surface area contributed by atoms with Gasteiger partial charge in [-0.1, -0.05) is 72.4 Å². The van der Waals surface area contributed by atoms with Crippen LogP contribution in [0.5, 0.6) is 0 Å². The molecule has 146 valence electrons. The Balaban J connectivity index is 1.62. The molecule has 0 saturated heterocycles. The molecule has 0 aliphatic carbocycles. The molecule has 0 bridgehead atoms. The van der Waals surface area contributed by atoms with Gasteiger partial charge in [-0.15, -0.1) is 5.10 Å². The zero-order valence-electron chi connectivity index (χ0n) is 16.0. The average molecular weight is 397 g/mol. The normalized spacial score (nSPS) is 11.9. The lowest BCUT2D eigenvalue weighted by atomic mass is 10.1. The van der Waals surface area contributed by atoms with Gasteiger partial charge in [0.25, 0.3) is 0 Å². The van der Waals surface area contributed by atoms with Gasteiger partial charge >= 0.3 is 5.69 Å². The lowest BCUT2D eigenvalue weighted by Gasteiger charge is -2.21. The number of hydrogen-bond donors (Lipinski definition) is 1. The number of H-pyrrole nitrogens is 1. The van der Waals surface area contributed by atoms with Gasteiger partial charge in [-0.25, -0.2) is 9.89 Å². The molecule has 1 amide bonds. The third-order valence-corrected chi connectivity index (χ3v) is 5.54. The van der Waals surface area contributed by atoms with Crippen LogP contribution in [-0.2, 0) is 24.3 Å². The highest BCUT2D eigenvalue weighted by Crippen LogP contribution is 2.22. The Morgan fingerprint density at radius 3 is 2.36 bits per heavy atom. The first kappa shape index (κ1) is 19.9. The van der Waals surface area contributed by atoms with Crippen LogP contribution in [0.2, 0.25) is 0 Å². The van der Waals surface area contributed by atoms with E-state index in [1.807, 2.05) is 67.6 Å². The van der Waals surface area contributed by atoms with Crippen LogP contribution in [0.15, 0.2) is 70.6 Å². The lowest BCUT2D eigenvalue weighted by molar-refractivity contribution is -0.129. The van der Waals surface area contributed by atoms with E-state index in [2.05, 4.69) is 10.2 Å². The van der Waals surface area contributed by atoms with Gasteiger partial charge < -0.3 is 4.90 Å². The minimum absolute atomic E-state index is 0.00101. The Kier molecular flexibility index (Phi) is 6.71. The summed E-state index contributed by atoms with van der Waals surface area (Å²) in [6, 6.07) is 19.9. The fourth-order valence-electron chi connectivity index (χ4n) is 2.93. The zero-order chi connectivity index (χ0) is 19.9. The number of thioether (sulfide) groups is 1. The van der Waals surface area contributed by atoms with Crippen LogP contribution >= 0.6 is 11.8 Å². The molecule has 1 atom stereocenters. The maximum atomic E-state index is 12.7. The molecule has 0 saturated carbocycles. The molecule has 0 fully saturated rings. The number of nitrogens with one attached hydrogen (secondary N) is 1. The van der Waals surface area contributed by atoms with Crippen LogP contribution in [-0.4, -0.2) is 37.9 Å². The van der Waals surface area contributed by atoms with Crippen molar-refractivity contribution in [2.45, 2.75) is 36.8 Å². The van der Waals surface area contributed by atoms with Crippen molar-refractivity contribution in [1.82, 2.24) is 19.7 Å². The van der Waals surface area contributed by atoms with Gasteiger partial charge in [0.2, 0.25) is 5.91 Å². The first-order valence-electron chi connectivity index (χ1n) is 9.19. The number of aryl methyl sites for hydroxylation is 1. The number of aromatic amines is 1. The van der Waals surface area contributed by atoms with Crippen LogP contribution in [0.4, 0.5) is 0 Å². The summed E-state index contributed by atoms with van der Waals surface area (Å²) in [6.45, 7) is 2.91. The zero-order valence-corrected chi connectivity index (χ0v) is 16.9. The van der Waals surface area contributed by atoms with Gasteiger partial charge in [-0.05, 0) is 24.5 Å². The van der Waals surface area contributed by atoms with Crippen LogP contribution < -0.4 is 5.69 Å². The second kappa shape index (κ2) is 9.41. The quantitative estimate of drug-likeness (QED) is 0.594.